The molecule has 158 valence electrons. The van der Waals surface area contributed by atoms with Gasteiger partial charge in [0.05, 0.1) is 18.9 Å². The van der Waals surface area contributed by atoms with Gasteiger partial charge in [0.1, 0.15) is 10.6 Å². The third kappa shape index (κ3) is 3.41. The molecule has 0 aliphatic heterocycles. The molecule has 1 heterocycles. The molecular weight excluding hydrogens is 402 g/mol. The van der Waals surface area contributed by atoms with Gasteiger partial charge in [-0.3, -0.25) is 9.59 Å². The molecular formula is C23H25NO5S. The van der Waals surface area contributed by atoms with E-state index in [0.29, 0.717) is 16.1 Å². The van der Waals surface area contributed by atoms with Gasteiger partial charge in [0, 0.05) is 10.9 Å². The fourth-order valence-electron chi connectivity index (χ4n) is 5.20. The van der Waals surface area contributed by atoms with Gasteiger partial charge in [0.2, 0.25) is 5.91 Å². The van der Waals surface area contributed by atoms with E-state index in [1.54, 1.807) is 0 Å². The molecule has 0 saturated heterocycles. The summed E-state index contributed by atoms with van der Waals surface area (Å²) in [6, 6.07) is 6.01. The van der Waals surface area contributed by atoms with Crippen molar-refractivity contribution >= 4 is 34.2 Å². The first-order valence-corrected chi connectivity index (χ1v) is 11.0. The van der Waals surface area contributed by atoms with Crippen LogP contribution in [-0.4, -0.2) is 30.1 Å². The first-order chi connectivity index (χ1) is 14.3. The molecule has 2 fully saturated rings. The lowest BCUT2D eigenvalue weighted by Crippen LogP contribution is -2.37. The zero-order valence-electron chi connectivity index (χ0n) is 17.2. The van der Waals surface area contributed by atoms with Crippen LogP contribution < -0.4 is 5.32 Å². The number of carboxylic acids is 1. The van der Waals surface area contributed by atoms with Gasteiger partial charge < -0.3 is 15.2 Å². The van der Waals surface area contributed by atoms with Crippen LogP contribution in [0.3, 0.4) is 0 Å². The highest BCUT2D eigenvalue weighted by Crippen LogP contribution is 2.53. The van der Waals surface area contributed by atoms with Crippen molar-refractivity contribution in [2.75, 3.05) is 12.4 Å². The van der Waals surface area contributed by atoms with Gasteiger partial charge in [-0.15, -0.1) is 11.3 Å². The summed E-state index contributed by atoms with van der Waals surface area (Å²) in [6.45, 7) is 3.95. The predicted molar refractivity (Wildman–Crippen MR) is 115 cm³/mol. The van der Waals surface area contributed by atoms with E-state index in [4.69, 9.17) is 4.74 Å². The molecule has 2 aromatic rings. The van der Waals surface area contributed by atoms with Crippen molar-refractivity contribution in [1.29, 1.82) is 0 Å². The number of hydrogen-bond acceptors (Lipinski definition) is 5. The maximum absolute atomic E-state index is 13.1. The van der Waals surface area contributed by atoms with Crippen LogP contribution in [0.25, 0.3) is 11.1 Å². The number of ether oxygens (including phenoxy) is 1. The highest BCUT2D eigenvalue weighted by Gasteiger charge is 2.54. The lowest BCUT2D eigenvalue weighted by atomic mass is 9.78. The lowest BCUT2D eigenvalue weighted by Gasteiger charge is -2.26. The van der Waals surface area contributed by atoms with E-state index >= 15 is 0 Å². The number of anilines is 1. The van der Waals surface area contributed by atoms with Crippen molar-refractivity contribution in [2.45, 2.75) is 33.1 Å². The Morgan fingerprint density at radius 3 is 2.47 bits per heavy atom. The highest BCUT2D eigenvalue weighted by atomic mass is 32.1. The zero-order valence-corrected chi connectivity index (χ0v) is 18.0. The second kappa shape index (κ2) is 7.87. The number of amides is 1. The summed E-state index contributed by atoms with van der Waals surface area (Å²) >= 11 is 1.27. The van der Waals surface area contributed by atoms with Crippen LogP contribution in [0.5, 0.6) is 0 Å². The summed E-state index contributed by atoms with van der Waals surface area (Å²) in [7, 11) is 1.31. The molecule has 2 aliphatic rings. The van der Waals surface area contributed by atoms with Crippen molar-refractivity contribution in [3.05, 3.63) is 40.3 Å². The maximum atomic E-state index is 13.1. The monoisotopic (exact) mass is 427 g/mol. The number of thiophene rings is 1. The van der Waals surface area contributed by atoms with E-state index in [2.05, 4.69) is 5.32 Å². The van der Waals surface area contributed by atoms with Crippen molar-refractivity contribution in [1.82, 2.24) is 0 Å². The second-order valence-corrected chi connectivity index (χ2v) is 9.26. The number of hydrogen-bond donors (Lipinski definition) is 2. The fourth-order valence-corrected chi connectivity index (χ4v) is 6.15. The normalized spacial score (nSPS) is 24.6. The van der Waals surface area contributed by atoms with Crippen LogP contribution in [0.2, 0.25) is 0 Å². The molecule has 2 N–H and O–H groups in total. The molecule has 7 heteroatoms. The third-order valence-corrected chi connectivity index (χ3v) is 7.50. The van der Waals surface area contributed by atoms with Crippen LogP contribution in [0, 0.1) is 37.5 Å². The van der Waals surface area contributed by atoms with Crippen molar-refractivity contribution in [2.24, 2.45) is 23.7 Å². The zero-order chi connectivity index (χ0) is 21.6. The summed E-state index contributed by atoms with van der Waals surface area (Å²) in [6.07, 6.45) is 2.54. The van der Waals surface area contributed by atoms with Crippen molar-refractivity contribution in [3.63, 3.8) is 0 Å². The summed E-state index contributed by atoms with van der Waals surface area (Å²) in [5.41, 5.74) is 4.02. The second-order valence-electron chi connectivity index (χ2n) is 8.38. The van der Waals surface area contributed by atoms with E-state index in [1.807, 2.05) is 37.4 Å². The van der Waals surface area contributed by atoms with Gasteiger partial charge in [-0.25, -0.2) is 4.79 Å². The molecule has 0 unspecified atom stereocenters. The van der Waals surface area contributed by atoms with Gasteiger partial charge in [0.15, 0.2) is 0 Å². The van der Waals surface area contributed by atoms with E-state index in [1.165, 1.54) is 18.4 Å². The largest absolute Gasteiger partial charge is 0.481 e. The highest BCUT2D eigenvalue weighted by molar-refractivity contribution is 7.15. The number of fused-ring (bicyclic) bond motifs is 2. The molecule has 2 saturated carbocycles. The van der Waals surface area contributed by atoms with Crippen LogP contribution in [0.1, 0.15) is 40.7 Å². The number of esters is 1. The standard InChI is InChI=1S/C23H25NO5S/c1-11-4-5-12(2)15(8-11)16-10-30-21(19(16)23(28)29-3)24-20(25)17-13-6-7-14(9-13)18(17)22(26)27/h4-5,8,10,13-14,17-18H,6-7,9H2,1-3H3,(H,24,25)(H,26,27)/t13-,14-,17-,18-/m0/s1. The van der Waals surface area contributed by atoms with Gasteiger partial charge in [0.25, 0.3) is 0 Å². The van der Waals surface area contributed by atoms with Crippen molar-refractivity contribution in [3.8, 4) is 11.1 Å². The molecule has 1 aromatic heterocycles. The minimum Gasteiger partial charge on any atom is -0.481 e. The van der Waals surface area contributed by atoms with Gasteiger partial charge in [-0.2, -0.15) is 0 Å². The van der Waals surface area contributed by atoms with Crippen LogP contribution in [0.15, 0.2) is 23.6 Å². The van der Waals surface area contributed by atoms with Crippen molar-refractivity contribution < 1.29 is 24.2 Å². The number of carbonyl (C=O) groups excluding carboxylic acids is 2. The molecule has 4 atom stereocenters. The number of benzene rings is 1. The van der Waals surface area contributed by atoms with Gasteiger partial charge in [-0.05, 0) is 56.1 Å². The number of nitrogens with one attached hydrogen (secondary N) is 1. The Labute approximate surface area is 179 Å². The average Bonchev–Trinajstić information content (AvgIpc) is 3.43. The quantitative estimate of drug-likeness (QED) is 0.685. The molecule has 30 heavy (non-hydrogen) atoms. The van der Waals surface area contributed by atoms with E-state index in [0.717, 1.165) is 36.0 Å². The summed E-state index contributed by atoms with van der Waals surface area (Å²) < 4.78 is 5.01. The fraction of sp³-hybridized carbons (Fsp3) is 0.435. The molecule has 0 radical (unpaired) electrons. The molecule has 4 rings (SSSR count). The van der Waals surface area contributed by atoms with Gasteiger partial charge >= 0.3 is 11.9 Å². The molecule has 2 bridgehead atoms. The number of carbonyl (C=O) groups is 3. The Balaban J connectivity index is 1.69. The topological polar surface area (TPSA) is 92.7 Å². The Morgan fingerprint density at radius 1 is 1.10 bits per heavy atom. The number of aliphatic carboxylic acids is 1. The van der Waals surface area contributed by atoms with Crippen LogP contribution >= 0.6 is 11.3 Å². The molecule has 2 aliphatic carbocycles. The number of rotatable bonds is 5. The van der Waals surface area contributed by atoms with E-state index in [-0.39, 0.29) is 17.7 Å². The Morgan fingerprint density at radius 2 is 1.80 bits per heavy atom. The Hall–Kier alpha value is -2.67. The minimum absolute atomic E-state index is 0.0668. The summed E-state index contributed by atoms with van der Waals surface area (Å²) in [4.78, 5) is 37.5. The molecule has 1 aromatic carbocycles. The van der Waals surface area contributed by atoms with E-state index in [9.17, 15) is 19.5 Å². The smallest absolute Gasteiger partial charge is 0.341 e. The molecule has 1 amide bonds. The summed E-state index contributed by atoms with van der Waals surface area (Å²) in [5, 5.41) is 14.8. The van der Waals surface area contributed by atoms with Crippen LogP contribution in [-0.2, 0) is 14.3 Å². The Bertz CT molecular complexity index is 1030. The minimum atomic E-state index is -0.905. The lowest BCUT2D eigenvalue weighted by molar-refractivity contribution is -0.148. The maximum Gasteiger partial charge on any atom is 0.341 e. The van der Waals surface area contributed by atoms with Gasteiger partial charge in [-0.1, -0.05) is 23.8 Å². The summed E-state index contributed by atoms with van der Waals surface area (Å²) in [5.74, 6) is -2.79. The number of carboxylic acid groups (broad SMARTS) is 1. The molecule has 0 spiro atoms. The first kappa shape index (κ1) is 20.6. The predicted octanol–water partition coefficient (Wildman–Crippen LogP) is 4.50. The third-order valence-electron chi connectivity index (χ3n) is 6.60. The number of methoxy groups -OCH3 is 1. The number of aryl methyl sites for hydroxylation is 2. The first-order valence-electron chi connectivity index (χ1n) is 10.1. The molecule has 6 nitrogen and oxygen atoms in total. The Kier molecular flexibility index (Phi) is 5.40. The van der Waals surface area contributed by atoms with Crippen LogP contribution in [0.4, 0.5) is 5.00 Å². The van der Waals surface area contributed by atoms with E-state index < -0.39 is 23.8 Å². The SMILES string of the molecule is COC(=O)c1c(-c2cc(C)ccc2C)csc1NC(=O)[C@H]1[C@H]2CC[C@@H](C2)[C@@H]1C(=O)O. The average molecular weight is 428 g/mol.